The fourth-order valence-corrected chi connectivity index (χ4v) is 1.96. The molecule has 0 saturated carbocycles. The predicted molar refractivity (Wildman–Crippen MR) is 74.2 cm³/mol. The smallest absolute Gasteiger partial charge is 0.135 e. The maximum Gasteiger partial charge on any atom is 0.135 e. The van der Waals surface area contributed by atoms with Gasteiger partial charge in [-0.25, -0.2) is 9.97 Å². The number of nitrogens with zero attached hydrogens (tertiary/aromatic N) is 2. The summed E-state index contributed by atoms with van der Waals surface area (Å²) in [7, 11) is 1.61. The summed E-state index contributed by atoms with van der Waals surface area (Å²) in [5, 5.41) is 0.660. The largest absolute Gasteiger partial charge is 0.497 e. The molecule has 2 aromatic rings. The molecule has 0 amide bonds. The average molecular weight is 299 g/mol. The number of benzene rings is 1. The normalized spacial score (nSPS) is 10.3. The molecule has 0 aliphatic carbocycles. The van der Waals surface area contributed by atoms with Gasteiger partial charge in [0, 0.05) is 18.6 Å². The fraction of sp³-hybridized carbons (Fsp3) is 0.231. The lowest BCUT2D eigenvalue weighted by Gasteiger charge is -2.07. The van der Waals surface area contributed by atoms with Crippen molar-refractivity contribution < 1.29 is 9.47 Å². The maximum atomic E-state index is 5.79. The van der Waals surface area contributed by atoms with Gasteiger partial charge in [-0.3, -0.25) is 0 Å². The number of ether oxygens (including phenoxy) is 2. The molecule has 0 atom stereocenters. The minimum absolute atomic E-state index is 0.330. The maximum absolute atomic E-state index is 5.79. The van der Waals surface area contributed by atoms with E-state index in [1.54, 1.807) is 7.11 Å². The topological polar surface area (TPSA) is 44.2 Å². The van der Waals surface area contributed by atoms with Crippen molar-refractivity contribution in [3.05, 3.63) is 46.5 Å². The summed E-state index contributed by atoms with van der Waals surface area (Å²) in [6, 6.07) is 8.88. The van der Waals surface area contributed by atoms with Crippen LogP contribution in [-0.2, 0) is 6.42 Å². The lowest BCUT2D eigenvalue weighted by molar-refractivity contribution is 0.316. The van der Waals surface area contributed by atoms with Crippen LogP contribution in [-0.4, -0.2) is 23.7 Å². The molecule has 100 valence electrons. The molecule has 19 heavy (non-hydrogen) atoms. The quantitative estimate of drug-likeness (QED) is 0.794. The van der Waals surface area contributed by atoms with Gasteiger partial charge in [0.05, 0.1) is 13.7 Å². The Labute approximate surface area is 121 Å². The van der Waals surface area contributed by atoms with Crippen LogP contribution in [0.5, 0.6) is 11.5 Å². The van der Waals surface area contributed by atoms with Gasteiger partial charge in [0.1, 0.15) is 27.6 Å². The molecule has 0 bridgehead atoms. The summed E-state index contributed by atoms with van der Waals surface area (Å²) < 4.78 is 10.7. The van der Waals surface area contributed by atoms with Gasteiger partial charge in [-0.2, -0.15) is 0 Å². The number of rotatable bonds is 5. The Bertz CT molecular complexity index is 544. The zero-order valence-corrected chi connectivity index (χ0v) is 11.8. The van der Waals surface area contributed by atoms with E-state index >= 15 is 0 Å². The minimum Gasteiger partial charge on any atom is -0.497 e. The third-order valence-electron chi connectivity index (χ3n) is 2.35. The van der Waals surface area contributed by atoms with E-state index in [0.29, 0.717) is 29.2 Å². The van der Waals surface area contributed by atoms with Crippen molar-refractivity contribution >= 4 is 23.2 Å². The number of hydrogen-bond donors (Lipinski definition) is 0. The molecule has 0 spiro atoms. The Kier molecular flexibility index (Phi) is 4.82. The van der Waals surface area contributed by atoms with Crippen molar-refractivity contribution in [2.24, 2.45) is 0 Å². The first-order valence-corrected chi connectivity index (χ1v) is 6.39. The van der Waals surface area contributed by atoms with Crippen LogP contribution in [0.4, 0.5) is 0 Å². The van der Waals surface area contributed by atoms with Crippen LogP contribution in [0.1, 0.15) is 5.82 Å². The predicted octanol–water partition coefficient (Wildman–Crippen LogP) is 3.41. The summed E-state index contributed by atoms with van der Waals surface area (Å²) in [5.41, 5.74) is 0. The van der Waals surface area contributed by atoms with E-state index in [1.165, 1.54) is 6.07 Å². The van der Waals surface area contributed by atoms with Gasteiger partial charge in [-0.15, -0.1) is 0 Å². The Hall–Kier alpha value is -1.52. The molecule has 0 aliphatic rings. The van der Waals surface area contributed by atoms with Crippen molar-refractivity contribution in [1.82, 2.24) is 9.97 Å². The highest BCUT2D eigenvalue weighted by Crippen LogP contribution is 2.19. The van der Waals surface area contributed by atoms with Crippen LogP contribution in [0.25, 0.3) is 0 Å². The second-order valence-corrected chi connectivity index (χ2v) is 4.48. The molecule has 2 rings (SSSR count). The van der Waals surface area contributed by atoms with E-state index in [4.69, 9.17) is 32.7 Å². The summed E-state index contributed by atoms with van der Waals surface area (Å²) in [6.45, 7) is 0.434. The van der Waals surface area contributed by atoms with Gasteiger partial charge in [-0.1, -0.05) is 29.3 Å². The van der Waals surface area contributed by atoms with Gasteiger partial charge in [0.2, 0.25) is 0 Å². The van der Waals surface area contributed by atoms with Crippen LogP contribution in [0.2, 0.25) is 10.3 Å². The van der Waals surface area contributed by atoms with Crippen molar-refractivity contribution in [3.8, 4) is 11.5 Å². The van der Waals surface area contributed by atoms with Crippen LogP contribution in [0.3, 0.4) is 0 Å². The molecule has 0 saturated heterocycles. The zero-order chi connectivity index (χ0) is 13.7. The highest BCUT2D eigenvalue weighted by molar-refractivity contribution is 6.33. The van der Waals surface area contributed by atoms with Gasteiger partial charge < -0.3 is 9.47 Å². The standard InChI is InChI=1S/C13H12Cl2N2O2/c1-18-9-3-2-4-10(7-9)19-6-5-13-16-11(14)8-12(15)17-13/h2-4,7-8H,5-6H2,1H3. The number of aromatic nitrogens is 2. The van der Waals surface area contributed by atoms with Crippen LogP contribution in [0.15, 0.2) is 30.3 Å². The third kappa shape index (κ3) is 4.26. The van der Waals surface area contributed by atoms with Crippen LogP contribution < -0.4 is 9.47 Å². The van der Waals surface area contributed by atoms with E-state index in [0.717, 1.165) is 11.5 Å². The van der Waals surface area contributed by atoms with Crippen LogP contribution >= 0.6 is 23.2 Å². The minimum atomic E-state index is 0.330. The first-order valence-electron chi connectivity index (χ1n) is 5.63. The van der Waals surface area contributed by atoms with Crippen molar-refractivity contribution in [2.75, 3.05) is 13.7 Å². The van der Waals surface area contributed by atoms with E-state index in [1.807, 2.05) is 24.3 Å². The highest BCUT2D eigenvalue weighted by atomic mass is 35.5. The van der Waals surface area contributed by atoms with Crippen LogP contribution in [0, 0.1) is 0 Å². The van der Waals surface area contributed by atoms with Gasteiger partial charge in [0.25, 0.3) is 0 Å². The molecular formula is C13H12Cl2N2O2. The van der Waals surface area contributed by atoms with Crippen molar-refractivity contribution in [2.45, 2.75) is 6.42 Å². The molecule has 0 N–H and O–H groups in total. The molecule has 1 aromatic carbocycles. The number of methoxy groups -OCH3 is 1. The molecule has 4 nitrogen and oxygen atoms in total. The molecule has 1 aromatic heterocycles. The Morgan fingerprint density at radius 3 is 2.42 bits per heavy atom. The first-order chi connectivity index (χ1) is 9.17. The summed E-state index contributed by atoms with van der Waals surface area (Å²) in [6.07, 6.45) is 0.525. The number of hydrogen-bond acceptors (Lipinski definition) is 4. The van der Waals surface area contributed by atoms with Gasteiger partial charge in [-0.05, 0) is 12.1 Å². The Morgan fingerprint density at radius 1 is 1.05 bits per heavy atom. The van der Waals surface area contributed by atoms with Crippen molar-refractivity contribution in [1.29, 1.82) is 0 Å². The van der Waals surface area contributed by atoms with E-state index in [-0.39, 0.29) is 0 Å². The monoisotopic (exact) mass is 298 g/mol. The Balaban J connectivity index is 1.92. The van der Waals surface area contributed by atoms with E-state index < -0.39 is 0 Å². The number of halogens is 2. The zero-order valence-electron chi connectivity index (χ0n) is 10.3. The van der Waals surface area contributed by atoms with E-state index in [2.05, 4.69) is 9.97 Å². The van der Waals surface area contributed by atoms with Gasteiger partial charge in [0.15, 0.2) is 0 Å². The first kappa shape index (κ1) is 13.9. The van der Waals surface area contributed by atoms with Gasteiger partial charge >= 0.3 is 0 Å². The molecular weight excluding hydrogens is 287 g/mol. The van der Waals surface area contributed by atoms with E-state index in [9.17, 15) is 0 Å². The summed E-state index contributed by atoms with van der Waals surface area (Å²) in [5.74, 6) is 2.03. The second kappa shape index (κ2) is 6.59. The lowest BCUT2D eigenvalue weighted by Crippen LogP contribution is -2.05. The molecule has 6 heteroatoms. The molecule has 0 fully saturated rings. The highest BCUT2D eigenvalue weighted by Gasteiger charge is 2.03. The SMILES string of the molecule is COc1cccc(OCCc2nc(Cl)cc(Cl)n2)c1. The van der Waals surface area contributed by atoms with Crippen molar-refractivity contribution in [3.63, 3.8) is 0 Å². The molecule has 0 unspecified atom stereocenters. The third-order valence-corrected chi connectivity index (χ3v) is 2.73. The second-order valence-electron chi connectivity index (χ2n) is 3.71. The molecule has 1 heterocycles. The summed E-state index contributed by atoms with van der Waals surface area (Å²) in [4.78, 5) is 8.13. The molecule has 0 radical (unpaired) electrons. The average Bonchev–Trinajstić information content (AvgIpc) is 2.38. The lowest BCUT2D eigenvalue weighted by atomic mass is 10.3. The molecule has 0 aliphatic heterocycles. The summed E-state index contributed by atoms with van der Waals surface area (Å²) >= 11 is 11.6. The Morgan fingerprint density at radius 2 is 1.74 bits per heavy atom. The fourth-order valence-electron chi connectivity index (χ4n) is 1.50.